The van der Waals surface area contributed by atoms with E-state index >= 15 is 0 Å². The topological polar surface area (TPSA) is 89.6 Å². The van der Waals surface area contributed by atoms with Crippen molar-refractivity contribution in [1.29, 1.82) is 0 Å². The van der Waals surface area contributed by atoms with E-state index < -0.39 is 0 Å². The van der Waals surface area contributed by atoms with Crippen LogP contribution in [-0.2, 0) is 11.2 Å². The van der Waals surface area contributed by atoms with Gasteiger partial charge in [0.1, 0.15) is 11.8 Å². The molecule has 1 unspecified atom stereocenters. The van der Waals surface area contributed by atoms with E-state index in [1.165, 1.54) is 17.8 Å². The largest absolute Gasteiger partial charge is 0.463 e. The lowest BCUT2D eigenvalue weighted by Gasteiger charge is -2.08. The van der Waals surface area contributed by atoms with Crippen LogP contribution in [0, 0.1) is 0 Å². The second-order valence-corrected chi connectivity index (χ2v) is 5.88. The number of carbonyl (C=O) groups excluding carboxylic acids is 1. The maximum atomic E-state index is 12.1. The third-order valence-electron chi connectivity index (χ3n) is 3.70. The van der Waals surface area contributed by atoms with Crippen LogP contribution in [0.5, 0.6) is 0 Å². The Kier molecular flexibility index (Phi) is 4.96. The summed E-state index contributed by atoms with van der Waals surface area (Å²) in [5, 5.41) is 3.12. The zero-order valence-corrected chi connectivity index (χ0v) is 13.7. The summed E-state index contributed by atoms with van der Waals surface area (Å²) in [5.74, 6) is -0.222. The minimum absolute atomic E-state index is 0.126. The second-order valence-electron chi connectivity index (χ2n) is 5.49. The van der Waals surface area contributed by atoms with E-state index in [0.29, 0.717) is 12.2 Å². The Morgan fingerprint density at radius 2 is 2.12 bits per heavy atom. The first-order valence-electron chi connectivity index (χ1n) is 7.58. The summed E-state index contributed by atoms with van der Waals surface area (Å²) in [6.07, 6.45) is 3.25. The number of aromatic nitrogens is 1. The molecule has 124 valence electrons. The number of hydrogen-bond acceptors (Lipinski definition) is 5. The van der Waals surface area contributed by atoms with Crippen LogP contribution in [0.25, 0.3) is 0 Å². The molecule has 1 aromatic heterocycles. The van der Waals surface area contributed by atoms with Crippen molar-refractivity contribution in [3.05, 3.63) is 58.9 Å². The van der Waals surface area contributed by atoms with Crippen LogP contribution < -0.4 is 11.1 Å². The predicted octanol–water partition coefficient (Wildman–Crippen LogP) is 2.63. The van der Waals surface area contributed by atoms with Crippen molar-refractivity contribution in [2.75, 3.05) is 11.9 Å². The lowest BCUT2D eigenvalue weighted by Crippen LogP contribution is -2.12. The van der Waals surface area contributed by atoms with Gasteiger partial charge in [0.2, 0.25) is 0 Å². The van der Waals surface area contributed by atoms with Gasteiger partial charge >= 0.3 is 0 Å². The van der Waals surface area contributed by atoms with Gasteiger partial charge < -0.3 is 15.8 Å². The average Bonchev–Trinajstić information content (AvgIpc) is 3.00. The summed E-state index contributed by atoms with van der Waals surface area (Å²) >= 11 is 5.79. The zero-order valence-electron chi connectivity index (χ0n) is 12.9. The van der Waals surface area contributed by atoms with E-state index in [1.807, 2.05) is 24.3 Å². The van der Waals surface area contributed by atoms with Gasteiger partial charge in [-0.2, -0.15) is 0 Å². The molecule has 1 aromatic carbocycles. The van der Waals surface area contributed by atoms with Crippen LogP contribution in [0.15, 0.2) is 47.6 Å². The van der Waals surface area contributed by atoms with Crippen molar-refractivity contribution >= 4 is 29.2 Å². The number of aryl methyl sites for hydroxylation is 1. The van der Waals surface area contributed by atoms with Crippen LogP contribution in [0.1, 0.15) is 22.3 Å². The predicted molar refractivity (Wildman–Crippen MR) is 93.3 cm³/mol. The van der Waals surface area contributed by atoms with Crippen molar-refractivity contribution in [2.45, 2.75) is 18.9 Å². The molecule has 0 aliphatic carbocycles. The molecule has 3 rings (SSSR count). The van der Waals surface area contributed by atoms with E-state index in [4.69, 9.17) is 22.1 Å². The number of hydrogen-bond donors (Lipinski definition) is 2. The summed E-state index contributed by atoms with van der Waals surface area (Å²) in [6, 6.07) is 11.3. The highest BCUT2D eigenvalue weighted by atomic mass is 35.5. The summed E-state index contributed by atoms with van der Waals surface area (Å²) in [6.45, 7) is 0.550. The van der Waals surface area contributed by atoms with Gasteiger partial charge in [-0.25, -0.2) is 9.98 Å². The summed E-state index contributed by atoms with van der Waals surface area (Å²) in [4.78, 5) is 20.2. The molecular formula is C17H17ClN4O2. The molecule has 3 N–H and O–H groups in total. The molecule has 1 atom stereocenters. The molecule has 7 heteroatoms. The number of nitrogens with one attached hydrogen (secondary N) is 1. The fourth-order valence-electron chi connectivity index (χ4n) is 2.42. The second kappa shape index (κ2) is 7.31. The summed E-state index contributed by atoms with van der Waals surface area (Å²) in [7, 11) is 0. The van der Waals surface area contributed by atoms with Gasteiger partial charge in [-0.3, -0.25) is 4.79 Å². The monoisotopic (exact) mass is 344 g/mol. The Labute approximate surface area is 144 Å². The van der Waals surface area contributed by atoms with Crippen molar-refractivity contribution in [3.8, 4) is 0 Å². The number of nitrogens with zero attached hydrogens (tertiary/aromatic N) is 2. The van der Waals surface area contributed by atoms with Crippen molar-refractivity contribution in [2.24, 2.45) is 10.7 Å². The number of aliphatic imine (C=N–C) groups is 1. The fourth-order valence-corrected chi connectivity index (χ4v) is 2.59. The molecular weight excluding hydrogens is 328 g/mol. The highest BCUT2D eigenvalue weighted by Crippen LogP contribution is 2.16. The van der Waals surface area contributed by atoms with E-state index in [1.54, 1.807) is 6.07 Å². The van der Waals surface area contributed by atoms with Gasteiger partial charge in [0.15, 0.2) is 0 Å². The third-order valence-corrected chi connectivity index (χ3v) is 3.91. The number of amides is 1. The summed E-state index contributed by atoms with van der Waals surface area (Å²) in [5.41, 5.74) is 7.85. The third kappa shape index (κ3) is 4.23. The molecule has 2 heterocycles. The average molecular weight is 345 g/mol. The minimum atomic E-state index is -0.222. The Hall–Kier alpha value is -2.60. The van der Waals surface area contributed by atoms with Gasteiger partial charge in [0, 0.05) is 17.4 Å². The van der Waals surface area contributed by atoms with E-state index in [9.17, 15) is 4.79 Å². The van der Waals surface area contributed by atoms with E-state index in [0.717, 1.165) is 18.5 Å². The number of rotatable bonds is 5. The molecule has 0 fully saturated rings. The Morgan fingerprint density at radius 1 is 1.33 bits per heavy atom. The number of anilines is 1. The molecule has 2 aromatic rings. The number of ether oxygens (including phenoxy) is 1. The molecule has 0 saturated carbocycles. The highest BCUT2D eigenvalue weighted by molar-refractivity contribution is 6.29. The van der Waals surface area contributed by atoms with Crippen molar-refractivity contribution < 1.29 is 9.53 Å². The molecule has 6 nitrogen and oxygen atoms in total. The smallest absolute Gasteiger partial charge is 0.282 e. The lowest BCUT2D eigenvalue weighted by atomic mass is 10.1. The minimum Gasteiger partial charge on any atom is -0.463 e. The molecule has 1 amide bonds. The van der Waals surface area contributed by atoms with E-state index in [2.05, 4.69) is 15.3 Å². The molecule has 1 aliphatic heterocycles. The normalized spacial score (nSPS) is 16.4. The Bertz CT molecular complexity index is 761. The number of halogens is 1. The fraction of sp³-hybridized carbons (Fsp3) is 0.235. The first kappa shape index (κ1) is 16.3. The van der Waals surface area contributed by atoms with Crippen molar-refractivity contribution in [3.63, 3.8) is 0 Å². The molecule has 0 saturated heterocycles. The number of pyridine rings is 1. The summed E-state index contributed by atoms with van der Waals surface area (Å²) < 4.78 is 5.13. The van der Waals surface area contributed by atoms with Crippen LogP contribution in [-0.4, -0.2) is 29.6 Å². The van der Waals surface area contributed by atoms with Crippen LogP contribution in [0.4, 0.5) is 5.69 Å². The molecule has 0 spiro atoms. The Morgan fingerprint density at radius 3 is 2.79 bits per heavy atom. The first-order chi connectivity index (χ1) is 11.6. The number of nitrogens with two attached hydrogens (primary N) is 1. The van der Waals surface area contributed by atoms with Gasteiger partial charge in [-0.15, -0.1) is 0 Å². The van der Waals surface area contributed by atoms with Crippen LogP contribution >= 0.6 is 11.6 Å². The van der Waals surface area contributed by atoms with Crippen molar-refractivity contribution in [1.82, 2.24) is 4.98 Å². The standard InChI is InChI=1S/C17H17ClN4O2/c18-15-9-12(7-8-20-15)16(23)21-13-4-1-11(2-5-13)3-6-14-10-24-17(19)22-14/h1-2,4-5,7-9,14H,3,6,10H2,(H2,19,22)(H,21,23). The molecule has 24 heavy (non-hydrogen) atoms. The maximum Gasteiger partial charge on any atom is 0.282 e. The van der Waals surface area contributed by atoms with Gasteiger partial charge in [-0.1, -0.05) is 23.7 Å². The van der Waals surface area contributed by atoms with E-state index in [-0.39, 0.29) is 23.1 Å². The number of amidine groups is 1. The maximum absolute atomic E-state index is 12.1. The zero-order chi connectivity index (χ0) is 16.9. The van der Waals surface area contributed by atoms with Gasteiger partial charge in [0.25, 0.3) is 11.9 Å². The number of carbonyl (C=O) groups is 1. The van der Waals surface area contributed by atoms with Crippen LogP contribution in [0.3, 0.4) is 0 Å². The van der Waals surface area contributed by atoms with Gasteiger partial charge in [-0.05, 0) is 42.7 Å². The SMILES string of the molecule is NC1=NC(CCc2ccc(NC(=O)c3ccnc(Cl)c3)cc2)CO1. The Balaban J connectivity index is 1.55. The first-order valence-corrected chi connectivity index (χ1v) is 7.96. The quantitative estimate of drug-likeness (QED) is 0.816. The molecule has 1 aliphatic rings. The van der Waals surface area contributed by atoms with Gasteiger partial charge in [0.05, 0.1) is 6.04 Å². The highest BCUT2D eigenvalue weighted by Gasteiger charge is 2.16. The van der Waals surface area contributed by atoms with Crippen LogP contribution in [0.2, 0.25) is 5.15 Å². The lowest BCUT2D eigenvalue weighted by molar-refractivity contribution is 0.102. The number of benzene rings is 1. The molecule has 0 radical (unpaired) electrons. The molecule has 0 bridgehead atoms.